The van der Waals surface area contributed by atoms with Crippen LogP contribution in [0.2, 0.25) is 0 Å². The zero-order chi connectivity index (χ0) is 97.1. The standard InChI is InChI=1S/C140H114N6.2Ir/c1-85-61-135(141-80-131(85)127-69-89-29-33-105(127)65-89)99-49-37-93(38-50-99)115-17-5-11-23-121(115)109-73-110(122-24-12-6-18-116(122)94-39-51-100(52-40-94)136-62-86(2)132(81-142-136)128-70-90-30-34-106(128)66-90)76-113(75-109)125-27-15-9-21-119(125)97-45-57-103(58-46-97)139-79-140(146-84-145-139)104-59-47-98(48-60-104)120-22-10-16-28-126(120)114-77-111(123-25-13-7-19-117(123)95-41-53-101(54-42-95)137-63-87(3)133(82-143-137)129-71-91-31-35-107(129)67-91)74-112(78-114)124-26-14-8-20-118(124)96-43-55-102(56-44-96)138-64-88(4)134(83-144-138)130-72-92-32-36-108(130)68-92;;/h5-28,37-49,51,53,55,57,59,61-64,73-84,89-92,105-108,127-130H,29-36,65-72H2,1-4H3;;/q-6;2*+3. The fourth-order valence-electron chi connectivity index (χ4n) is 28.2. The van der Waals surface area contributed by atoms with E-state index in [0.717, 1.165) is 248 Å². The Balaban J connectivity index is 0.00000569. The quantitative estimate of drug-likeness (QED) is 0.0629. The van der Waals surface area contributed by atoms with E-state index < -0.39 is 0 Å². The number of aromatic nitrogens is 6. The molecule has 0 spiro atoms. The van der Waals surface area contributed by atoms with E-state index in [0.29, 0.717) is 23.7 Å². The SMILES string of the molecule is Cc1cc(-c2[c-]cc(-c3ccccc3-c3cc(-c4ccccc4-c4c[c-]c(-c5cc(-c6[c-]cc(-c7ccccc7-c7cc(-c8ccccc8-c8c[c-]c(-c9cc(C)c(C%10CC%11CCC%10C%11)cn9)cc8)cc(-c8ccccc8-c8c[c-]c(-c9cc(C)c(C%10CC%11CCC%10C%11)cn9)cc8)c7)cc6)ncn5)cc4)cc(-c4ccccc4-c4c[c-]c(-c5cc(C)c(C6CC7CCC6C7)cn5)cc4)c3)cc2)ncc1C1CC2CCC1C2.[Ir+3].[Ir+3]. The topological polar surface area (TPSA) is 77.3 Å². The number of hydrogen-bond acceptors (Lipinski definition) is 6. The molecule has 5 aromatic heterocycles. The smallest absolute Gasteiger partial charge is 0.304 e. The molecule has 8 heteroatoms. The van der Waals surface area contributed by atoms with E-state index in [1.54, 1.807) is 6.33 Å². The van der Waals surface area contributed by atoms with Gasteiger partial charge in [-0.05, 0) is 335 Å². The van der Waals surface area contributed by atoms with Crippen molar-refractivity contribution in [2.75, 3.05) is 0 Å². The summed E-state index contributed by atoms with van der Waals surface area (Å²) in [6, 6.07) is 141. The molecule has 19 aromatic rings. The van der Waals surface area contributed by atoms with Gasteiger partial charge in [0.25, 0.3) is 0 Å². The number of benzene rings is 14. The largest absolute Gasteiger partial charge is 3.00 e. The number of fused-ring (bicyclic) bond motifs is 8. The second-order valence-electron chi connectivity index (χ2n) is 43.9. The van der Waals surface area contributed by atoms with Crippen LogP contribution >= 0.6 is 0 Å². The van der Waals surface area contributed by atoms with E-state index in [4.69, 9.17) is 29.9 Å². The first-order valence-corrected chi connectivity index (χ1v) is 53.6. The van der Waals surface area contributed by atoms with Gasteiger partial charge >= 0.3 is 40.2 Å². The third-order valence-electron chi connectivity index (χ3n) is 35.5. The van der Waals surface area contributed by atoms with Gasteiger partial charge in [-0.1, -0.05) is 291 Å². The van der Waals surface area contributed by atoms with Crippen molar-refractivity contribution >= 4 is 0 Å². The van der Waals surface area contributed by atoms with Gasteiger partial charge in [-0.2, -0.15) is 0 Å². The Hall–Kier alpha value is -13.9. The van der Waals surface area contributed by atoms with Crippen LogP contribution in [-0.2, 0) is 40.2 Å². The Bertz CT molecular complexity index is 7400. The maximum absolute atomic E-state index is 5.14. The molecule has 0 saturated heterocycles. The van der Waals surface area contributed by atoms with Crippen molar-refractivity contribution in [2.45, 2.75) is 154 Å². The van der Waals surface area contributed by atoms with Gasteiger partial charge in [0, 0.05) is 24.8 Å². The summed E-state index contributed by atoms with van der Waals surface area (Å²) in [5.41, 5.74) is 48.8. The van der Waals surface area contributed by atoms with E-state index >= 15 is 0 Å². The summed E-state index contributed by atoms with van der Waals surface area (Å²) in [6.45, 7) is 9.14. The average molecular weight is 2260 g/mol. The van der Waals surface area contributed by atoms with Crippen molar-refractivity contribution < 1.29 is 40.2 Å². The van der Waals surface area contributed by atoms with Gasteiger partial charge < -0.3 is 19.9 Å². The van der Waals surface area contributed by atoms with Gasteiger partial charge in [0.2, 0.25) is 0 Å². The van der Waals surface area contributed by atoms with Gasteiger partial charge in [0.1, 0.15) is 0 Å². The van der Waals surface area contributed by atoms with Crippen molar-refractivity contribution in [3.05, 3.63) is 434 Å². The summed E-state index contributed by atoms with van der Waals surface area (Å²) in [6.07, 6.45) is 32.2. The molecule has 0 amide bonds. The van der Waals surface area contributed by atoms with E-state index in [1.165, 1.54) is 147 Å². The van der Waals surface area contributed by atoms with E-state index in [1.807, 2.05) is 0 Å². The number of pyridine rings is 4. The Morgan fingerprint density at radius 3 is 0.527 bits per heavy atom. The number of aryl methyl sites for hydroxylation is 4. The fourth-order valence-corrected chi connectivity index (χ4v) is 28.2. The van der Waals surface area contributed by atoms with Crippen molar-refractivity contribution in [3.8, 4) is 201 Å². The first-order chi connectivity index (χ1) is 71.9. The molecule has 8 fully saturated rings. The third-order valence-corrected chi connectivity index (χ3v) is 35.5. The minimum atomic E-state index is 0. The second kappa shape index (κ2) is 40.3. The summed E-state index contributed by atoms with van der Waals surface area (Å²) in [5.74, 6) is 9.30. The molecule has 14 aromatic carbocycles. The number of hydrogen-bond donors (Lipinski definition) is 0. The first kappa shape index (κ1) is 95.0. The molecule has 8 saturated carbocycles. The normalized spacial score (nSPS) is 20.6. The Kier molecular flexibility index (Phi) is 25.8. The summed E-state index contributed by atoms with van der Waals surface area (Å²) in [7, 11) is 0. The molecule has 8 aliphatic carbocycles. The molecule has 6 nitrogen and oxygen atoms in total. The van der Waals surface area contributed by atoms with E-state index in [9.17, 15) is 0 Å². The van der Waals surface area contributed by atoms with Crippen molar-refractivity contribution in [2.24, 2.45) is 47.3 Å². The number of nitrogens with zero attached hydrogens (tertiary/aromatic N) is 6. The third kappa shape index (κ3) is 18.1. The molecule has 0 aliphatic heterocycles. The zero-order valence-corrected chi connectivity index (χ0v) is 88.9. The molecule has 8 bridgehead atoms. The van der Waals surface area contributed by atoms with Gasteiger partial charge in [-0.25, -0.2) is 0 Å². The molecule has 8 aliphatic rings. The van der Waals surface area contributed by atoms with Crippen LogP contribution in [0.1, 0.15) is 171 Å². The second-order valence-corrected chi connectivity index (χ2v) is 43.9. The molecule has 0 radical (unpaired) electrons. The number of rotatable bonds is 22. The average Bonchev–Trinajstić information content (AvgIpc) is 1.74. The van der Waals surface area contributed by atoms with Gasteiger partial charge in [0.05, 0.1) is 6.33 Å². The maximum atomic E-state index is 5.14. The molecule has 5 heterocycles. The predicted molar refractivity (Wildman–Crippen MR) is 596 cm³/mol. The minimum absolute atomic E-state index is 0. The van der Waals surface area contributed by atoms with Crippen LogP contribution in [0.25, 0.3) is 201 Å². The van der Waals surface area contributed by atoms with Crippen LogP contribution in [-0.4, -0.2) is 29.9 Å². The molecule has 722 valence electrons. The molecule has 12 atom stereocenters. The van der Waals surface area contributed by atoms with E-state index in [-0.39, 0.29) is 40.2 Å². The van der Waals surface area contributed by atoms with Gasteiger partial charge in [-0.3, -0.25) is 9.97 Å². The van der Waals surface area contributed by atoms with Crippen LogP contribution in [0.4, 0.5) is 0 Å². The molecule has 148 heavy (non-hydrogen) atoms. The Morgan fingerprint density at radius 1 is 0.189 bits per heavy atom. The van der Waals surface area contributed by atoms with Crippen LogP contribution in [0.3, 0.4) is 0 Å². The molecule has 12 unspecified atom stereocenters. The molecular weight excluding hydrogens is 2150 g/mol. The summed E-state index contributed by atoms with van der Waals surface area (Å²) < 4.78 is 0. The Labute approximate surface area is 898 Å². The van der Waals surface area contributed by atoms with Gasteiger partial charge in [0.15, 0.2) is 0 Å². The van der Waals surface area contributed by atoms with Crippen molar-refractivity contribution in [1.29, 1.82) is 0 Å². The van der Waals surface area contributed by atoms with Crippen LogP contribution in [0.15, 0.2) is 353 Å². The fraction of sp³-hybridized carbons (Fsp3) is 0.229. The van der Waals surface area contributed by atoms with Crippen LogP contribution in [0.5, 0.6) is 0 Å². The molecule has 0 N–H and O–H groups in total. The Morgan fingerprint density at radius 2 is 0.372 bits per heavy atom. The van der Waals surface area contributed by atoms with Gasteiger partial charge in [-0.15, -0.1) is 179 Å². The first-order valence-electron chi connectivity index (χ1n) is 53.6. The summed E-state index contributed by atoms with van der Waals surface area (Å²) >= 11 is 0. The summed E-state index contributed by atoms with van der Waals surface area (Å²) in [5, 5.41) is 0. The maximum Gasteiger partial charge on any atom is 3.00 e. The minimum Gasteiger partial charge on any atom is -0.304 e. The molecule has 27 rings (SSSR count). The van der Waals surface area contributed by atoms with Crippen molar-refractivity contribution in [3.63, 3.8) is 0 Å². The van der Waals surface area contributed by atoms with E-state index in [2.05, 4.69) is 410 Å². The van der Waals surface area contributed by atoms with Crippen LogP contribution in [0, 0.1) is 111 Å². The predicted octanol–water partition coefficient (Wildman–Crippen LogP) is 35.7. The van der Waals surface area contributed by atoms with Crippen LogP contribution < -0.4 is 0 Å². The van der Waals surface area contributed by atoms with Crippen molar-refractivity contribution in [1.82, 2.24) is 29.9 Å². The zero-order valence-electron chi connectivity index (χ0n) is 84.1. The molecular formula is C140H114Ir2N6. The monoisotopic (exact) mass is 2260 g/mol. The summed E-state index contributed by atoms with van der Waals surface area (Å²) in [4.78, 5) is 30.4.